The molecule has 1 aromatic heterocycles. The van der Waals surface area contributed by atoms with Crippen LogP contribution >= 0.6 is 8.09 Å². The van der Waals surface area contributed by atoms with Gasteiger partial charge in [-0.15, -0.1) is 5.09 Å². The average molecular weight is 516 g/mol. The van der Waals surface area contributed by atoms with Gasteiger partial charge in [0.2, 0.25) is 0 Å². The standard InChI is InChI=1S/C22H35N4O8P/c1-14(19(27)31-12-6-9-15-7-4-3-5-8-15)25-35(30)32-13-16-18(34-35)22(2,29)20(33-16)26-11-10-17(23)24-21(26)28/h10-11,14-16,18,20,25,29-30H,3-9,12-13H2,1-2H3,(H-,23,24,28)/p+1/t14-,16+,18+,20+,22+,35?/m0/s1. The van der Waals surface area contributed by atoms with Crippen molar-refractivity contribution in [1.29, 1.82) is 0 Å². The third-order valence-electron chi connectivity index (χ3n) is 6.93. The van der Waals surface area contributed by atoms with E-state index in [1.807, 2.05) is 0 Å². The number of nitrogens with one attached hydrogen (secondary N) is 1. The largest absolute Gasteiger partial charge is 0.500 e. The molecule has 4 rings (SSSR count). The number of nitrogens with zero attached hydrogens (tertiary/aromatic N) is 2. The first kappa shape index (κ1) is 26.4. The lowest BCUT2D eigenvalue weighted by atomic mass is 9.86. The van der Waals surface area contributed by atoms with E-state index in [2.05, 4.69) is 10.1 Å². The Morgan fingerprint density at radius 1 is 1.43 bits per heavy atom. The van der Waals surface area contributed by atoms with E-state index in [0.717, 1.165) is 17.4 Å². The number of rotatable bonds is 8. The second-order valence-electron chi connectivity index (χ2n) is 9.80. The molecule has 2 saturated heterocycles. The molecule has 5 N–H and O–H groups in total. The summed E-state index contributed by atoms with van der Waals surface area (Å²) in [6, 6.07) is 0.514. The number of esters is 1. The maximum atomic E-state index is 12.4. The third kappa shape index (κ3) is 6.02. The Bertz CT molecular complexity index is 956. The minimum absolute atomic E-state index is 0.0419. The highest BCUT2D eigenvalue weighted by Gasteiger charge is 2.65. The fourth-order valence-corrected chi connectivity index (χ4v) is 6.81. The number of ether oxygens (including phenoxy) is 2. The Morgan fingerprint density at radius 2 is 2.17 bits per heavy atom. The predicted molar refractivity (Wildman–Crippen MR) is 127 cm³/mol. The van der Waals surface area contributed by atoms with Crippen LogP contribution in [0, 0.1) is 5.92 Å². The number of hydrogen-bond acceptors (Lipinski definition) is 11. The topological polar surface area (TPSA) is 167 Å². The van der Waals surface area contributed by atoms with Crippen molar-refractivity contribution in [3.05, 3.63) is 22.7 Å². The van der Waals surface area contributed by atoms with Gasteiger partial charge in [0.05, 0.1) is 6.61 Å². The highest BCUT2D eigenvalue weighted by atomic mass is 31.2. The summed E-state index contributed by atoms with van der Waals surface area (Å²) in [4.78, 5) is 39.3. The van der Waals surface area contributed by atoms with E-state index in [-0.39, 0.29) is 12.4 Å². The van der Waals surface area contributed by atoms with Gasteiger partial charge < -0.3 is 20.3 Å². The predicted octanol–water partition coefficient (Wildman–Crippen LogP) is 1.44. The minimum atomic E-state index is -3.74. The summed E-state index contributed by atoms with van der Waals surface area (Å²) >= 11 is 0. The molecule has 35 heavy (non-hydrogen) atoms. The fourth-order valence-electron chi connectivity index (χ4n) is 5.01. The van der Waals surface area contributed by atoms with E-state index < -0.39 is 49.8 Å². The van der Waals surface area contributed by atoms with E-state index in [1.165, 1.54) is 51.3 Å². The summed E-state index contributed by atoms with van der Waals surface area (Å²) in [7, 11) is -3.74. The highest BCUT2D eigenvalue weighted by molar-refractivity contribution is 7.58. The van der Waals surface area contributed by atoms with Gasteiger partial charge >= 0.3 is 19.8 Å². The Hall–Kier alpha value is -1.66. The molecular weight excluding hydrogens is 479 g/mol. The van der Waals surface area contributed by atoms with Crippen LogP contribution in [0.15, 0.2) is 17.1 Å². The Balaban J connectivity index is 1.31. The number of anilines is 1. The lowest BCUT2D eigenvalue weighted by Crippen LogP contribution is -2.51. The summed E-state index contributed by atoms with van der Waals surface area (Å²) < 4.78 is 23.5. The van der Waals surface area contributed by atoms with Crippen LogP contribution in [-0.4, -0.2) is 62.6 Å². The molecule has 3 fully saturated rings. The van der Waals surface area contributed by atoms with E-state index in [9.17, 15) is 19.6 Å². The zero-order valence-corrected chi connectivity index (χ0v) is 21.1. The number of nitrogen functional groups attached to an aromatic ring is 1. The van der Waals surface area contributed by atoms with Crippen molar-refractivity contribution in [3.8, 4) is 0 Å². The molecule has 12 nitrogen and oxygen atoms in total. The minimum Gasteiger partial charge on any atom is -0.464 e. The Kier molecular flexibility index (Phi) is 8.12. The van der Waals surface area contributed by atoms with Crippen LogP contribution in [0.5, 0.6) is 0 Å². The molecule has 1 aromatic rings. The molecule has 6 atom stereocenters. The van der Waals surface area contributed by atoms with Crippen LogP contribution in [0.4, 0.5) is 5.82 Å². The zero-order chi connectivity index (χ0) is 25.2. The molecule has 3 aliphatic rings. The van der Waals surface area contributed by atoms with E-state index in [1.54, 1.807) is 6.92 Å². The van der Waals surface area contributed by atoms with Crippen LogP contribution in [0.25, 0.3) is 0 Å². The van der Waals surface area contributed by atoms with Crippen molar-refractivity contribution in [2.45, 2.75) is 88.9 Å². The van der Waals surface area contributed by atoms with Crippen LogP contribution in [-0.2, 0) is 23.3 Å². The first-order valence-electron chi connectivity index (χ1n) is 12.2. The highest BCUT2D eigenvalue weighted by Crippen LogP contribution is 2.61. The quantitative estimate of drug-likeness (QED) is 0.225. The second-order valence-corrected chi connectivity index (χ2v) is 11.6. The molecule has 1 unspecified atom stereocenters. The van der Waals surface area contributed by atoms with Crippen molar-refractivity contribution < 1.29 is 33.3 Å². The summed E-state index contributed by atoms with van der Waals surface area (Å²) in [5.41, 5.74) is 3.13. The van der Waals surface area contributed by atoms with Crippen molar-refractivity contribution in [1.82, 2.24) is 14.6 Å². The van der Waals surface area contributed by atoms with E-state index >= 15 is 0 Å². The van der Waals surface area contributed by atoms with Gasteiger partial charge in [0.15, 0.2) is 12.3 Å². The molecular formula is C22H36N4O8P+. The molecule has 0 aromatic carbocycles. The first-order chi connectivity index (χ1) is 16.6. The van der Waals surface area contributed by atoms with E-state index in [0.29, 0.717) is 12.5 Å². The monoisotopic (exact) mass is 515 g/mol. The van der Waals surface area contributed by atoms with Crippen LogP contribution in [0.2, 0.25) is 0 Å². The number of fused-ring (bicyclic) bond motifs is 1. The van der Waals surface area contributed by atoms with E-state index in [4.69, 9.17) is 24.3 Å². The molecule has 1 aliphatic carbocycles. The molecule has 13 heteroatoms. The Labute approximate surface area is 204 Å². The van der Waals surface area contributed by atoms with Crippen LogP contribution in [0.3, 0.4) is 0 Å². The zero-order valence-electron chi connectivity index (χ0n) is 20.2. The number of aromatic nitrogens is 2. The summed E-state index contributed by atoms with van der Waals surface area (Å²) in [5.74, 6) is 0.232. The summed E-state index contributed by atoms with van der Waals surface area (Å²) in [5, 5.41) is 13.9. The fraction of sp³-hybridized carbons (Fsp3) is 0.773. The molecule has 0 radical (unpaired) electrons. The van der Waals surface area contributed by atoms with Crippen molar-refractivity contribution in [2.75, 3.05) is 18.9 Å². The molecule has 0 spiro atoms. The molecule has 196 valence electrons. The van der Waals surface area contributed by atoms with Gasteiger partial charge in [-0.05, 0) is 38.7 Å². The number of aliphatic hydroxyl groups is 1. The van der Waals surface area contributed by atoms with Gasteiger partial charge in [0.25, 0.3) is 0 Å². The number of carbonyl (C=O) groups excluding carboxylic acids is 1. The molecule has 0 bridgehead atoms. The first-order valence-corrected chi connectivity index (χ1v) is 13.8. The summed E-state index contributed by atoms with van der Waals surface area (Å²) in [6.45, 7) is 3.19. The lowest BCUT2D eigenvalue weighted by Gasteiger charge is -2.33. The van der Waals surface area contributed by atoms with Crippen molar-refractivity contribution in [3.63, 3.8) is 0 Å². The molecule has 0 amide bonds. The van der Waals surface area contributed by atoms with Gasteiger partial charge in [-0.1, -0.05) is 32.1 Å². The third-order valence-corrected chi connectivity index (χ3v) is 8.65. The molecule has 2 aliphatic heterocycles. The van der Waals surface area contributed by atoms with Crippen LogP contribution in [0.1, 0.15) is 65.0 Å². The van der Waals surface area contributed by atoms with Gasteiger partial charge in [0.1, 0.15) is 30.2 Å². The molecule has 3 heterocycles. The maximum absolute atomic E-state index is 12.4. The van der Waals surface area contributed by atoms with Crippen molar-refractivity contribution in [2.24, 2.45) is 5.92 Å². The van der Waals surface area contributed by atoms with Crippen molar-refractivity contribution >= 4 is 19.9 Å². The van der Waals surface area contributed by atoms with Gasteiger partial charge in [0, 0.05) is 6.20 Å². The number of carbonyl (C=O) groups is 1. The normalized spacial score (nSPS) is 34.3. The summed E-state index contributed by atoms with van der Waals surface area (Å²) in [6.07, 6.45) is 6.66. The lowest BCUT2D eigenvalue weighted by molar-refractivity contribution is -0.145. The SMILES string of the molecule is C[C@H](N[P+]1(O)OC[C@H]2O[C@@H](n3ccc(N)nc3=O)[C@](C)(O)[C@@H]2O1)C(=O)OCCCC1CCCCC1. The van der Waals surface area contributed by atoms with Gasteiger partial charge in [-0.3, -0.25) is 9.36 Å². The molecule has 1 saturated carbocycles. The Morgan fingerprint density at radius 3 is 2.89 bits per heavy atom. The number of hydrogen-bond donors (Lipinski definition) is 4. The average Bonchev–Trinajstić information content (AvgIpc) is 3.06. The maximum Gasteiger partial charge on any atom is 0.500 e. The van der Waals surface area contributed by atoms with Gasteiger partial charge in [-0.2, -0.15) is 18.9 Å². The number of nitrogens with two attached hydrogens (primary N) is 1. The smallest absolute Gasteiger partial charge is 0.464 e. The second kappa shape index (κ2) is 10.8. The van der Waals surface area contributed by atoms with Gasteiger partial charge in [-0.25, -0.2) is 4.79 Å². The van der Waals surface area contributed by atoms with Crippen LogP contribution < -0.4 is 16.5 Å².